The highest BCUT2D eigenvalue weighted by atomic mass is 33.1. The second kappa shape index (κ2) is 15.4. The topological polar surface area (TPSA) is 94.1 Å². The Balaban J connectivity index is 3.92. The Bertz CT molecular complexity index is 419. The van der Waals surface area contributed by atoms with Crippen molar-refractivity contribution in [2.45, 2.75) is 70.0 Å². The SMILES string of the molecule is CCC(COC(=O)CCC(=O)NCCCC(C)(C)SSC)OC(CO)OC. The Kier molecular flexibility index (Phi) is 15.2. The summed E-state index contributed by atoms with van der Waals surface area (Å²) >= 11 is 0. The number of methoxy groups -OCH3 is 1. The average Bonchev–Trinajstić information content (AvgIpc) is 2.63. The standard InChI is InChI=1S/C18H35NO6S2/c1-6-14(25-17(12-20)23-4)13-24-16(22)9-8-15(21)19-11-7-10-18(2,3)27-26-5/h14,17,20H,6-13H2,1-5H3,(H,19,21). The van der Waals surface area contributed by atoms with Crippen molar-refractivity contribution < 1.29 is 28.9 Å². The molecule has 160 valence electrons. The van der Waals surface area contributed by atoms with Crippen molar-refractivity contribution in [1.82, 2.24) is 5.32 Å². The van der Waals surface area contributed by atoms with Crippen molar-refractivity contribution in [2.24, 2.45) is 0 Å². The lowest BCUT2D eigenvalue weighted by atomic mass is 10.1. The Hall–Kier alpha value is -0.480. The third-order valence-corrected chi connectivity index (χ3v) is 6.46. The van der Waals surface area contributed by atoms with Crippen LogP contribution in [0.3, 0.4) is 0 Å². The first-order valence-electron chi connectivity index (χ1n) is 9.21. The van der Waals surface area contributed by atoms with Gasteiger partial charge in [-0.15, -0.1) is 0 Å². The van der Waals surface area contributed by atoms with Gasteiger partial charge in [-0.3, -0.25) is 9.59 Å². The molecule has 0 aromatic heterocycles. The minimum absolute atomic E-state index is 0.0315. The van der Waals surface area contributed by atoms with Crippen molar-refractivity contribution in [3.05, 3.63) is 0 Å². The van der Waals surface area contributed by atoms with Gasteiger partial charge in [0.25, 0.3) is 0 Å². The maximum absolute atomic E-state index is 11.8. The van der Waals surface area contributed by atoms with Crippen molar-refractivity contribution in [1.29, 1.82) is 0 Å². The molecule has 0 aliphatic heterocycles. The molecule has 0 radical (unpaired) electrons. The molecule has 7 nitrogen and oxygen atoms in total. The van der Waals surface area contributed by atoms with Crippen LogP contribution < -0.4 is 5.32 Å². The number of aliphatic hydroxyl groups excluding tert-OH is 1. The summed E-state index contributed by atoms with van der Waals surface area (Å²) in [5, 5.41) is 11.9. The fraction of sp³-hybridized carbons (Fsp3) is 0.889. The number of carbonyl (C=O) groups is 2. The number of esters is 1. The van der Waals surface area contributed by atoms with E-state index >= 15 is 0 Å². The van der Waals surface area contributed by atoms with Gasteiger partial charge in [-0.05, 0) is 39.4 Å². The first-order valence-corrected chi connectivity index (χ1v) is 11.8. The molecule has 0 fully saturated rings. The maximum atomic E-state index is 11.8. The van der Waals surface area contributed by atoms with E-state index in [1.807, 2.05) is 17.7 Å². The van der Waals surface area contributed by atoms with Gasteiger partial charge in [-0.25, -0.2) is 0 Å². The molecule has 9 heteroatoms. The first kappa shape index (κ1) is 26.5. The highest BCUT2D eigenvalue weighted by Crippen LogP contribution is 2.36. The number of amides is 1. The van der Waals surface area contributed by atoms with E-state index in [1.54, 1.807) is 10.8 Å². The molecule has 1 amide bonds. The lowest BCUT2D eigenvalue weighted by molar-refractivity contribution is -0.188. The zero-order valence-electron chi connectivity index (χ0n) is 17.1. The van der Waals surface area contributed by atoms with Gasteiger partial charge in [0, 0.05) is 24.8 Å². The van der Waals surface area contributed by atoms with Gasteiger partial charge in [0.1, 0.15) is 6.61 Å². The molecule has 2 atom stereocenters. The van der Waals surface area contributed by atoms with Gasteiger partial charge >= 0.3 is 5.97 Å². The van der Waals surface area contributed by atoms with E-state index in [1.165, 1.54) is 7.11 Å². The van der Waals surface area contributed by atoms with Crippen LogP contribution in [0, 0.1) is 0 Å². The second-order valence-corrected chi connectivity index (χ2v) is 9.77. The molecule has 2 unspecified atom stereocenters. The monoisotopic (exact) mass is 425 g/mol. The van der Waals surface area contributed by atoms with Gasteiger partial charge in [0.05, 0.1) is 19.1 Å². The van der Waals surface area contributed by atoms with Gasteiger partial charge < -0.3 is 24.6 Å². The van der Waals surface area contributed by atoms with Gasteiger partial charge in [0.2, 0.25) is 5.91 Å². The van der Waals surface area contributed by atoms with E-state index < -0.39 is 12.3 Å². The van der Waals surface area contributed by atoms with Gasteiger partial charge in [-0.2, -0.15) is 0 Å². The summed E-state index contributed by atoms with van der Waals surface area (Å²) in [7, 11) is 5.01. The second-order valence-electron chi connectivity index (χ2n) is 6.66. The molecule has 0 saturated carbocycles. The van der Waals surface area contributed by atoms with Crippen LogP contribution in [0.5, 0.6) is 0 Å². The summed E-state index contributed by atoms with van der Waals surface area (Å²) in [6.07, 6.45) is 3.62. The molecular weight excluding hydrogens is 390 g/mol. The molecule has 0 bridgehead atoms. The van der Waals surface area contributed by atoms with Crippen LogP contribution in [0.15, 0.2) is 0 Å². The minimum Gasteiger partial charge on any atom is -0.463 e. The minimum atomic E-state index is -0.737. The van der Waals surface area contributed by atoms with Crippen molar-refractivity contribution >= 4 is 33.5 Å². The highest BCUT2D eigenvalue weighted by molar-refractivity contribution is 8.76. The van der Waals surface area contributed by atoms with E-state index in [-0.39, 0.29) is 42.8 Å². The van der Waals surface area contributed by atoms with Crippen molar-refractivity contribution in [3.63, 3.8) is 0 Å². The molecule has 2 N–H and O–H groups in total. The molecule has 0 heterocycles. The van der Waals surface area contributed by atoms with E-state index in [0.717, 1.165) is 12.8 Å². The predicted molar refractivity (Wildman–Crippen MR) is 111 cm³/mol. The third kappa shape index (κ3) is 14.2. The molecular formula is C18H35NO6S2. The lowest BCUT2D eigenvalue weighted by Crippen LogP contribution is -2.30. The number of hydrogen-bond donors (Lipinski definition) is 2. The van der Waals surface area contributed by atoms with Crippen LogP contribution in [0.25, 0.3) is 0 Å². The molecule has 0 aromatic carbocycles. The lowest BCUT2D eigenvalue weighted by Gasteiger charge is -2.22. The first-order chi connectivity index (χ1) is 12.8. The summed E-state index contributed by atoms with van der Waals surface area (Å²) < 4.78 is 15.7. The van der Waals surface area contributed by atoms with Crippen molar-refractivity contribution in [3.8, 4) is 0 Å². The van der Waals surface area contributed by atoms with Gasteiger partial charge in [-0.1, -0.05) is 28.5 Å². The maximum Gasteiger partial charge on any atom is 0.306 e. The van der Waals surface area contributed by atoms with Crippen LogP contribution >= 0.6 is 21.6 Å². The number of nitrogens with one attached hydrogen (secondary N) is 1. The molecule has 27 heavy (non-hydrogen) atoms. The van der Waals surface area contributed by atoms with Gasteiger partial charge in [0.15, 0.2) is 6.29 Å². The molecule has 0 saturated heterocycles. The van der Waals surface area contributed by atoms with Crippen LogP contribution in [0.4, 0.5) is 0 Å². The zero-order chi connectivity index (χ0) is 20.7. The summed E-state index contributed by atoms with van der Waals surface area (Å²) in [6.45, 7) is 6.67. The average molecular weight is 426 g/mol. The van der Waals surface area contributed by atoms with Crippen molar-refractivity contribution in [2.75, 3.05) is 33.1 Å². The van der Waals surface area contributed by atoms with Crippen LogP contribution in [0.1, 0.15) is 52.9 Å². The Morgan fingerprint density at radius 3 is 2.52 bits per heavy atom. The van der Waals surface area contributed by atoms with E-state index in [9.17, 15) is 9.59 Å². The largest absolute Gasteiger partial charge is 0.463 e. The Labute approximate surface area is 171 Å². The van der Waals surface area contributed by atoms with E-state index in [0.29, 0.717) is 13.0 Å². The zero-order valence-corrected chi connectivity index (χ0v) is 18.7. The van der Waals surface area contributed by atoms with Crippen LogP contribution in [0.2, 0.25) is 0 Å². The fourth-order valence-corrected chi connectivity index (χ4v) is 4.49. The summed E-state index contributed by atoms with van der Waals surface area (Å²) in [4.78, 5) is 23.6. The highest BCUT2D eigenvalue weighted by Gasteiger charge is 2.18. The number of aliphatic hydroxyl groups is 1. The molecule has 0 aliphatic rings. The number of carbonyl (C=O) groups excluding carboxylic acids is 2. The third-order valence-electron chi connectivity index (χ3n) is 3.78. The molecule has 0 rings (SSSR count). The summed E-state index contributed by atoms with van der Waals surface area (Å²) in [6, 6.07) is 0. The summed E-state index contributed by atoms with van der Waals surface area (Å²) in [5.74, 6) is -0.590. The molecule has 0 aromatic rings. The number of ether oxygens (including phenoxy) is 3. The Morgan fingerprint density at radius 2 is 1.96 bits per heavy atom. The number of hydrogen-bond acceptors (Lipinski definition) is 8. The predicted octanol–water partition coefficient (Wildman–Crippen LogP) is 2.76. The van der Waals surface area contributed by atoms with E-state index in [4.69, 9.17) is 19.3 Å². The Morgan fingerprint density at radius 1 is 1.26 bits per heavy atom. The number of rotatable bonds is 16. The van der Waals surface area contributed by atoms with Crippen LogP contribution in [-0.4, -0.2) is 67.2 Å². The fourth-order valence-electron chi connectivity index (χ4n) is 2.21. The van der Waals surface area contributed by atoms with Crippen LogP contribution in [-0.2, 0) is 23.8 Å². The molecule has 0 aliphatic carbocycles. The normalized spacial score (nSPS) is 13.9. The smallest absolute Gasteiger partial charge is 0.306 e. The quantitative estimate of drug-likeness (QED) is 0.169. The molecule has 0 spiro atoms. The summed E-state index contributed by atoms with van der Waals surface area (Å²) in [5.41, 5.74) is 0. The van der Waals surface area contributed by atoms with E-state index in [2.05, 4.69) is 25.4 Å².